The van der Waals surface area contributed by atoms with Crippen LogP contribution >= 0.6 is 11.6 Å². The van der Waals surface area contributed by atoms with E-state index in [1.54, 1.807) is 35.0 Å². The molecule has 32 heavy (non-hydrogen) atoms. The van der Waals surface area contributed by atoms with Crippen LogP contribution in [0.5, 0.6) is 11.5 Å². The van der Waals surface area contributed by atoms with E-state index in [0.29, 0.717) is 41.1 Å². The van der Waals surface area contributed by atoms with Crippen molar-refractivity contribution in [3.8, 4) is 11.5 Å². The van der Waals surface area contributed by atoms with Crippen LogP contribution < -0.4 is 14.8 Å². The van der Waals surface area contributed by atoms with Crippen LogP contribution in [-0.2, 0) is 13.2 Å². The van der Waals surface area contributed by atoms with Crippen molar-refractivity contribution in [1.82, 2.24) is 9.78 Å². The number of nitrogens with zero attached hydrogens (tertiary/aromatic N) is 2. The minimum atomic E-state index is -0.357. The van der Waals surface area contributed by atoms with Gasteiger partial charge in [0.15, 0.2) is 5.69 Å². The summed E-state index contributed by atoms with van der Waals surface area (Å²) in [6.07, 6.45) is 0. The number of halogens is 1. The fourth-order valence-corrected chi connectivity index (χ4v) is 3.33. The van der Waals surface area contributed by atoms with Crippen LogP contribution in [0.4, 0.5) is 5.69 Å². The number of aliphatic hydroxyl groups excluding tert-OH is 1. The Kier molecular flexibility index (Phi) is 7.77. The molecule has 0 unspecified atom stereocenters. The molecular formula is C24H28ClN3O4. The molecule has 7 nitrogen and oxygen atoms in total. The quantitative estimate of drug-likeness (QED) is 0.487. The SMILES string of the molecule is COc1cc(CO)ccc1NC(=O)c1cc(C)n(Cc2cc(Cl)ccc2OCC(C)C)n1. The van der Waals surface area contributed by atoms with Crippen molar-refractivity contribution in [2.75, 3.05) is 19.0 Å². The fraction of sp³-hybridized carbons (Fsp3) is 0.333. The third kappa shape index (κ3) is 5.81. The van der Waals surface area contributed by atoms with E-state index in [1.165, 1.54) is 7.11 Å². The smallest absolute Gasteiger partial charge is 0.276 e. The lowest BCUT2D eigenvalue weighted by atomic mass is 10.2. The summed E-state index contributed by atoms with van der Waals surface area (Å²) in [6, 6.07) is 12.3. The number of aliphatic hydroxyl groups is 1. The molecule has 0 bridgehead atoms. The Morgan fingerprint density at radius 3 is 2.66 bits per heavy atom. The molecule has 170 valence electrons. The molecule has 0 aliphatic carbocycles. The Hall–Kier alpha value is -3.03. The predicted molar refractivity (Wildman–Crippen MR) is 125 cm³/mol. The number of rotatable bonds is 9. The summed E-state index contributed by atoms with van der Waals surface area (Å²) >= 11 is 6.20. The Balaban J connectivity index is 1.80. The van der Waals surface area contributed by atoms with Crippen molar-refractivity contribution >= 4 is 23.2 Å². The molecule has 0 saturated carbocycles. The second kappa shape index (κ2) is 10.5. The molecule has 3 rings (SSSR count). The molecule has 3 aromatic rings. The van der Waals surface area contributed by atoms with Crippen molar-refractivity contribution in [2.24, 2.45) is 5.92 Å². The van der Waals surface area contributed by atoms with Crippen molar-refractivity contribution < 1.29 is 19.4 Å². The van der Waals surface area contributed by atoms with Crippen LogP contribution in [0.3, 0.4) is 0 Å². The van der Waals surface area contributed by atoms with Crippen LogP contribution in [0.1, 0.15) is 41.2 Å². The van der Waals surface area contributed by atoms with Gasteiger partial charge in [0.1, 0.15) is 11.5 Å². The molecule has 0 atom stereocenters. The highest BCUT2D eigenvalue weighted by molar-refractivity contribution is 6.30. The second-order valence-electron chi connectivity index (χ2n) is 7.93. The largest absolute Gasteiger partial charge is 0.495 e. The highest BCUT2D eigenvalue weighted by Crippen LogP contribution is 2.27. The number of hydrogen-bond acceptors (Lipinski definition) is 5. The van der Waals surface area contributed by atoms with Crippen molar-refractivity contribution in [1.29, 1.82) is 0 Å². The molecule has 0 radical (unpaired) electrons. The Labute approximate surface area is 192 Å². The number of benzene rings is 2. The number of anilines is 1. The Bertz CT molecular complexity index is 1090. The fourth-order valence-electron chi connectivity index (χ4n) is 3.13. The first-order valence-corrected chi connectivity index (χ1v) is 10.7. The van der Waals surface area contributed by atoms with Gasteiger partial charge in [-0.15, -0.1) is 0 Å². The highest BCUT2D eigenvalue weighted by atomic mass is 35.5. The van der Waals surface area contributed by atoms with E-state index in [1.807, 2.05) is 19.1 Å². The van der Waals surface area contributed by atoms with Gasteiger partial charge in [-0.3, -0.25) is 9.48 Å². The average molecular weight is 458 g/mol. The second-order valence-corrected chi connectivity index (χ2v) is 8.37. The zero-order valence-corrected chi connectivity index (χ0v) is 19.4. The summed E-state index contributed by atoms with van der Waals surface area (Å²) in [5, 5.41) is 17.2. The van der Waals surface area contributed by atoms with Gasteiger partial charge in [-0.05, 0) is 54.8 Å². The molecule has 2 N–H and O–H groups in total. The number of nitrogens with one attached hydrogen (secondary N) is 1. The molecule has 8 heteroatoms. The highest BCUT2D eigenvalue weighted by Gasteiger charge is 2.16. The molecule has 0 aliphatic heterocycles. The molecule has 0 fully saturated rings. The maximum Gasteiger partial charge on any atom is 0.276 e. The normalized spacial score (nSPS) is 11.0. The number of ether oxygens (including phenoxy) is 2. The number of methoxy groups -OCH3 is 1. The molecule has 1 amide bonds. The van der Waals surface area contributed by atoms with Crippen LogP contribution in [-0.4, -0.2) is 34.5 Å². The zero-order valence-electron chi connectivity index (χ0n) is 18.7. The number of aromatic nitrogens is 2. The summed E-state index contributed by atoms with van der Waals surface area (Å²) in [5.74, 6) is 1.25. The molecular weight excluding hydrogens is 430 g/mol. The molecule has 1 heterocycles. The van der Waals surface area contributed by atoms with Crippen LogP contribution in [0.2, 0.25) is 5.02 Å². The number of amides is 1. The lowest BCUT2D eigenvalue weighted by Gasteiger charge is -2.14. The molecule has 1 aromatic heterocycles. The number of aryl methyl sites for hydroxylation is 1. The van der Waals surface area contributed by atoms with Gasteiger partial charge in [-0.1, -0.05) is 31.5 Å². The van der Waals surface area contributed by atoms with Gasteiger partial charge in [-0.2, -0.15) is 5.10 Å². The number of carbonyl (C=O) groups is 1. The third-order valence-electron chi connectivity index (χ3n) is 4.83. The molecule has 2 aromatic carbocycles. The number of hydrogen-bond donors (Lipinski definition) is 2. The molecule has 0 aliphatic rings. The maximum absolute atomic E-state index is 12.8. The summed E-state index contributed by atoms with van der Waals surface area (Å²) in [6.45, 7) is 6.97. The average Bonchev–Trinajstić information content (AvgIpc) is 3.13. The van der Waals surface area contributed by atoms with Gasteiger partial charge < -0.3 is 19.9 Å². The van der Waals surface area contributed by atoms with E-state index in [4.69, 9.17) is 21.1 Å². The first kappa shape index (κ1) is 23.6. The lowest BCUT2D eigenvalue weighted by Crippen LogP contribution is -2.14. The first-order valence-electron chi connectivity index (χ1n) is 10.4. The van der Waals surface area contributed by atoms with Crippen molar-refractivity contribution in [3.05, 3.63) is 70.0 Å². The lowest BCUT2D eigenvalue weighted by molar-refractivity contribution is 0.102. The van der Waals surface area contributed by atoms with E-state index < -0.39 is 0 Å². The van der Waals surface area contributed by atoms with Crippen LogP contribution in [0.15, 0.2) is 42.5 Å². The Morgan fingerprint density at radius 2 is 1.97 bits per heavy atom. The minimum Gasteiger partial charge on any atom is -0.495 e. The van der Waals surface area contributed by atoms with E-state index in [0.717, 1.165) is 17.0 Å². The van der Waals surface area contributed by atoms with Crippen molar-refractivity contribution in [2.45, 2.75) is 33.9 Å². The molecule has 0 saturated heterocycles. The predicted octanol–water partition coefficient (Wildman–Crippen LogP) is 4.68. The van der Waals surface area contributed by atoms with Gasteiger partial charge in [0.25, 0.3) is 5.91 Å². The van der Waals surface area contributed by atoms with Gasteiger partial charge in [0.2, 0.25) is 0 Å². The van der Waals surface area contributed by atoms with Crippen LogP contribution in [0.25, 0.3) is 0 Å². The van der Waals surface area contributed by atoms with E-state index >= 15 is 0 Å². The van der Waals surface area contributed by atoms with Gasteiger partial charge in [0, 0.05) is 16.3 Å². The summed E-state index contributed by atoms with van der Waals surface area (Å²) in [5.41, 5.74) is 3.19. The van der Waals surface area contributed by atoms with E-state index in [-0.39, 0.29) is 18.2 Å². The van der Waals surface area contributed by atoms with E-state index in [9.17, 15) is 9.90 Å². The van der Waals surface area contributed by atoms with E-state index in [2.05, 4.69) is 24.3 Å². The monoisotopic (exact) mass is 457 g/mol. The van der Waals surface area contributed by atoms with Gasteiger partial charge in [-0.25, -0.2) is 0 Å². The summed E-state index contributed by atoms with van der Waals surface area (Å²) in [4.78, 5) is 12.8. The van der Waals surface area contributed by atoms with Gasteiger partial charge in [0.05, 0.1) is 32.6 Å². The summed E-state index contributed by atoms with van der Waals surface area (Å²) in [7, 11) is 1.51. The minimum absolute atomic E-state index is 0.111. The van der Waals surface area contributed by atoms with Crippen molar-refractivity contribution in [3.63, 3.8) is 0 Å². The number of carbonyl (C=O) groups excluding carboxylic acids is 1. The first-order chi connectivity index (χ1) is 15.3. The standard InChI is InChI=1S/C24H28ClN3O4/c1-15(2)14-32-22-8-6-19(25)11-18(22)12-28-16(3)9-21(27-28)24(30)26-20-7-5-17(13-29)10-23(20)31-4/h5-11,15,29H,12-14H2,1-4H3,(H,26,30). The topological polar surface area (TPSA) is 85.6 Å². The molecule has 0 spiro atoms. The third-order valence-corrected chi connectivity index (χ3v) is 5.06. The zero-order chi connectivity index (χ0) is 23.3. The van der Waals surface area contributed by atoms with Gasteiger partial charge >= 0.3 is 0 Å². The maximum atomic E-state index is 12.8. The Morgan fingerprint density at radius 1 is 1.19 bits per heavy atom. The van der Waals surface area contributed by atoms with Crippen LogP contribution in [0, 0.1) is 12.8 Å². The summed E-state index contributed by atoms with van der Waals surface area (Å²) < 4.78 is 13.0.